The van der Waals surface area contributed by atoms with E-state index in [0.717, 1.165) is 44.4 Å². The molecule has 1 atom stereocenters. The number of hydrogen-bond donors (Lipinski definition) is 1. The van der Waals surface area contributed by atoms with Crippen molar-refractivity contribution >= 4 is 5.90 Å². The highest BCUT2D eigenvalue weighted by atomic mass is 16.7. The Kier molecular flexibility index (Phi) is 2.31. The van der Waals surface area contributed by atoms with Crippen LogP contribution in [0.2, 0.25) is 0 Å². The summed E-state index contributed by atoms with van der Waals surface area (Å²) in [5, 5.41) is 7.43. The second-order valence-corrected chi connectivity index (χ2v) is 4.97. The predicted molar refractivity (Wildman–Crippen MR) is 56.6 cm³/mol. The lowest BCUT2D eigenvalue weighted by Gasteiger charge is -2.30. The largest absolute Gasteiger partial charge is 0.478 e. The van der Waals surface area contributed by atoms with Crippen molar-refractivity contribution in [2.24, 2.45) is 11.1 Å². The number of hydrogen-bond acceptors (Lipinski definition) is 4. The molecule has 2 fully saturated rings. The summed E-state index contributed by atoms with van der Waals surface area (Å²) < 4.78 is 5.65. The van der Waals surface area contributed by atoms with Gasteiger partial charge in [-0.3, -0.25) is 0 Å². The third-order valence-corrected chi connectivity index (χ3v) is 3.43. The van der Waals surface area contributed by atoms with Crippen LogP contribution in [0.25, 0.3) is 0 Å². The first-order valence-electron chi connectivity index (χ1n) is 5.95. The molecule has 1 saturated heterocycles. The Labute approximate surface area is 90.0 Å². The normalized spacial score (nSPS) is 35.1. The quantitative estimate of drug-likeness (QED) is 0.746. The molecular formula is C11H18N2O2. The molecule has 1 saturated carbocycles. The highest BCUT2D eigenvalue weighted by molar-refractivity contribution is 5.78. The summed E-state index contributed by atoms with van der Waals surface area (Å²) in [6, 6.07) is 0. The van der Waals surface area contributed by atoms with Crippen molar-refractivity contribution < 1.29 is 9.57 Å². The lowest BCUT2D eigenvalue weighted by molar-refractivity contribution is -0.0347. The van der Waals surface area contributed by atoms with Crippen LogP contribution in [0.5, 0.6) is 0 Å². The highest BCUT2D eigenvalue weighted by Crippen LogP contribution is 2.33. The minimum atomic E-state index is -0.0862. The molecule has 2 heterocycles. The van der Waals surface area contributed by atoms with Gasteiger partial charge in [0.15, 0.2) is 5.60 Å². The second-order valence-electron chi connectivity index (χ2n) is 4.97. The van der Waals surface area contributed by atoms with Gasteiger partial charge in [-0.1, -0.05) is 5.16 Å². The summed E-state index contributed by atoms with van der Waals surface area (Å²) in [6.07, 6.45) is 5.76. The van der Waals surface area contributed by atoms with Crippen LogP contribution in [0.4, 0.5) is 0 Å². The standard InChI is InChI=1S/C11H18N2O2/c1-4-11(8-12-5-1)6-10(13-15-11)14-7-9-2-3-9/h9,12H,1-8H2. The van der Waals surface area contributed by atoms with Crippen LogP contribution >= 0.6 is 0 Å². The van der Waals surface area contributed by atoms with E-state index >= 15 is 0 Å². The van der Waals surface area contributed by atoms with Gasteiger partial charge in [-0.2, -0.15) is 0 Å². The van der Waals surface area contributed by atoms with Crippen LogP contribution in [-0.2, 0) is 9.57 Å². The molecule has 3 aliphatic rings. The average Bonchev–Trinajstić information content (AvgIpc) is 3.02. The molecular weight excluding hydrogens is 192 g/mol. The van der Waals surface area contributed by atoms with Crippen molar-refractivity contribution in [3.63, 3.8) is 0 Å². The number of nitrogens with zero attached hydrogens (tertiary/aromatic N) is 1. The van der Waals surface area contributed by atoms with Crippen molar-refractivity contribution in [2.75, 3.05) is 19.7 Å². The summed E-state index contributed by atoms with van der Waals surface area (Å²) in [5.41, 5.74) is -0.0862. The van der Waals surface area contributed by atoms with E-state index < -0.39 is 0 Å². The molecule has 4 nitrogen and oxygen atoms in total. The van der Waals surface area contributed by atoms with Crippen LogP contribution < -0.4 is 5.32 Å². The molecule has 1 unspecified atom stereocenters. The summed E-state index contributed by atoms with van der Waals surface area (Å²) >= 11 is 0. The molecule has 4 heteroatoms. The van der Waals surface area contributed by atoms with Crippen LogP contribution in [0.3, 0.4) is 0 Å². The Morgan fingerprint density at radius 3 is 3.20 bits per heavy atom. The van der Waals surface area contributed by atoms with E-state index in [9.17, 15) is 0 Å². The maximum Gasteiger partial charge on any atom is 0.229 e. The maximum atomic E-state index is 5.65. The van der Waals surface area contributed by atoms with E-state index in [-0.39, 0.29) is 5.60 Å². The fourth-order valence-electron chi connectivity index (χ4n) is 2.23. The molecule has 3 rings (SSSR count). The van der Waals surface area contributed by atoms with E-state index in [1.807, 2.05) is 0 Å². The van der Waals surface area contributed by atoms with Gasteiger partial charge in [0.2, 0.25) is 5.90 Å². The zero-order valence-corrected chi connectivity index (χ0v) is 9.00. The Morgan fingerprint density at radius 1 is 1.53 bits per heavy atom. The van der Waals surface area contributed by atoms with Crippen LogP contribution in [-0.4, -0.2) is 31.2 Å². The van der Waals surface area contributed by atoms with Crippen LogP contribution in [0, 0.1) is 5.92 Å². The minimum absolute atomic E-state index is 0.0862. The first-order valence-corrected chi connectivity index (χ1v) is 5.95. The first-order chi connectivity index (χ1) is 7.36. The monoisotopic (exact) mass is 210 g/mol. The van der Waals surface area contributed by atoms with E-state index in [4.69, 9.17) is 9.57 Å². The van der Waals surface area contributed by atoms with Crippen LogP contribution in [0.15, 0.2) is 5.16 Å². The van der Waals surface area contributed by atoms with Gasteiger partial charge in [0.1, 0.15) is 0 Å². The molecule has 1 N–H and O–H groups in total. The third-order valence-electron chi connectivity index (χ3n) is 3.43. The summed E-state index contributed by atoms with van der Waals surface area (Å²) in [7, 11) is 0. The fourth-order valence-corrected chi connectivity index (χ4v) is 2.23. The van der Waals surface area contributed by atoms with Crippen molar-refractivity contribution in [3.8, 4) is 0 Å². The van der Waals surface area contributed by atoms with Gasteiger partial charge < -0.3 is 14.9 Å². The van der Waals surface area contributed by atoms with E-state index in [1.54, 1.807) is 0 Å². The smallest absolute Gasteiger partial charge is 0.229 e. The molecule has 1 spiro atoms. The van der Waals surface area contributed by atoms with Gasteiger partial charge >= 0.3 is 0 Å². The topological polar surface area (TPSA) is 42.8 Å². The molecule has 1 aliphatic carbocycles. The Bertz CT molecular complexity index is 268. The van der Waals surface area contributed by atoms with Crippen LogP contribution in [0.1, 0.15) is 32.1 Å². The van der Waals surface area contributed by atoms with Crippen molar-refractivity contribution in [3.05, 3.63) is 0 Å². The third kappa shape index (κ3) is 2.09. The van der Waals surface area contributed by atoms with Gasteiger partial charge in [-0.15, -0.1) is 0 Å². The number of rotatable bonds is 2. The number of oxime groups is 1. The molecule has 0 amide bonds. The zero-order chi connectivity index (χ0) is 10.1. The summed E-state index contributed by atoms with van der Waals surface area (Å²) in [6.45, 7) is 2.85. The van der Waals surface area contributed by atoms with Gasteiger partial charge in [0, 0.05) is 6.54 Å². The SMILES string of the molecule is C1CNCC2(C1)CC(OCC1CC1)=NO2. The van der Waals surface area contributed by atoms with Gasteiger partial charge in [0.25, 0.3) is 0 Å². The Balaban J connectivity index is 1.50. The van der Waals surface area contributed by atoms with E-state index in [1.165, 1.54) is 19.3 Å². The molecule has 0 aromatic heterocycles. The molecule has 84 valence electrons. The van der Waals surface area contributed by atoms with Crippen molar-refractivity contribution in [1.29, 1.82) is 0 Å². The fraction of sp³-hybridized carbons (Fsp3) is 0.909. The van der Waals surface area contributed by atoms with Gasteiger partial charge in [-0.05, 0) is 38.1 Å². The maximum absolute atomic E-state index is 5.65. The first kappa shape index (κ1) is 9.46. The molecule has 0 radical (unpaired) electrons. The van der Waals surface area contributed by atoms with E-state index in [0.29, 0.717) is 0 Å². The van der Waals surface area contributed by atoms with Crippen molar-refractivity contribution in [2.45, 2.75) is 37.7 Å². The van der Waals surface area contributed by atoms with Gasteiger partial charge in [-0.25, -0.2) is 0 Å². The molecule has 0 aromatic rings. The Hall–Kier alpha value is -0.770. The lowest BCUT2D eigenvalue weighted by Crippen LogP contribution is -2.45. The van der Waals surface area contributed by atoms with Crippen molar-refractivity contribution in [1.82, 2.24) is 5.32 Å². The minimum Gasteiger partial charge on any atom is -0.478 e. The number of piperidine rings is 1. The average molecular weight is 210 g/mol. The Morgan fingerprint density at radius 2 is 2.47 bits per heavy atom. The molecule has 0 aromatic carbocycles. The lowest BCUT2D eigenvalue weighted by atomic mass is 9.91. The van der Waals surface area contributed by atoms with Gasteiger partial charge in [0.05, 0.1) is 13.0 Å². The zero-order valence-electron chi connectivity index (χ0n) is 9.00. The van der Waals surface area contributed by atoms with E-state index in [2.05, 4.69) is 10.5 Å². The number of nitrogens with one attached hydrogen (secondary N) is 1. The summed E-state index contributed by atoms with van der Waals surface area (Å²) in [4.78, 5) is 5.55. The highest BCUT2D eigenvalue weighted by Gasteiger charge is 2.41. The molecule has 2 aliphatic heterocycles. The summed E-state index contributed by atoms with van der Waals surface area (Å²) in [5.74, 6) is 1.60. The second kappa shape index (κ2) is 3.67. The molecule has 15 heavy (non-hydrogen) atoms. The molecule has 0 bridgehead atoms. The number of ether oxygens (including phenoxy) is 1. The predicted octanol–water partition coefficient (Wildman–Crippen LogP) is 1.27.